The number of carboxylic acid groups (broad SMARTS) is 1. The van der Waals surface area contributed by atoms with E-state index in [0.29, 0.717) is 0 Å². The molecule has 0 heterocycles. The molecule has 0 saturated carbocycles. The average Bonchev–Trinajstić information content (AvgIpc) is 2.84. The molecule has 0 aromatic heterocycles. The molecular weight excluding hydrogens is 508 g/mol. The maximum atomic E-state index is 13.0. The normalized spacial score (nSPS) is 11.9. The number of halogens is 6. The van der Waals surface area contributed by atoms with Crippen molar-refractivity contribution >= 4 is 12.2 Å². The molecular formula is C25H19F6NO5. The Bertz CT molecular complexity index is 1260. The molecule has 0 aliphatic heterocycles. The highest BCUT2D eigenvalue weighted by atomic mass is 19.4. The van der Waals surface area contributed by atoms with Crippen LogP contribution in [-0.2, 0) is 35.2 Å². The molecule has 37 heavy (non-hydrogen) atoms. The molecule has 0 atom stereocenters. The van der Waals surface area contributed by atoms with Crippen molar-refractivity contribution in [2.45, 2.75) is 25.6 Å². The Morgan fingerprint density at radius 2 is 1.38 bits per heavy atom. The van der Waals surface area contributed by atoms with Crippen LogP contribution < -0.4 is 9.47 Å². The molecule has 196 valence electrons. The van der Waals surface area contributed by atoms with Gasteiger partial charge in [0, 0.05) is 11.6 Å². The van der Waals surface area contributed by atoms with Gasteiger partial charge in [-0.05, 0) is 47.5 Å². The first kappa shape index (κ1) is 27.4. The van der Waals surface area contributed by atoms with Crippen molar-refractivity contribution in [2.75, 3.05) is 6.61 Å². The number of rotatable bonds is 10. The quantitative estimate of drug-likeness (QED) is 0.190. The molecule has 3 aromatic carbocycles. The number of alkyl halides is 6. The number of hydrogen-bond acceptors (Lipinski definition) is 5. The van der Waals surface area contributed by atoms with Gasteiger partial charge >= 0.3 is 18.3 Å². The Hall–Kier alpha value is -4.22. The molecule has 3 aromatic rings. The Labute approximate surface area is 206 Å². The van der Waals surface area contributed by atoms with Crippen molar-refractivity contribution in [3.63, 3.8) is 0 Å². The Morgan fingerprint density at radius 1 is 0.811 bits per heavy atom. The summed E-state index contributed by atoms with van der Waals surface area (Å²) >= 11 is 0. The number of benzene rings is 3. The molecule has 0 aliphatic rings. The standard InChI is InChI=1S/C25H19F6NO5/c26-24(27,28)19-5-1-3-16(9-19)13-35-21-8-7-18(12-32-37-15-23(33)34)22(11-21)36-14-17-4-2-6-20(10-17)25(29,30)31/h1-12H,13-15H2,(H,33,34). The van der Waals surface area contributed by atoms with E-state index in [1.807, 2.05) is 0 Å². The summed E-state index contributed by atoms with van der Waals surface area (Å²) in [6.07, 6.45) is -7.91. The number of oxime groups is 1. The van der Waals surface area contributed by atoms with Gasteiger partial charge in [-0.1, -0.05) is 29.4 Å². The first-order valence-electron chi connectivity index (χ1n) is 10.5. The summed E-state index contributed by atoms with van der Waals surface area (Å²) in [6.45, 7) is -1.17. The first-order valence-corrected chi connectivity index (χ1v) is 10.5. The lowest BCUT2D eigenvalue weighted by Gasteiger charge is -2.14. The van der Waals surface area contributed by atoms with Gasteiger partial charge in [0.2, 0.25) is 6.61 Å². The van der Waals surface area contributed by atoms with Gasteiger partial charge in [0.25, 0.3) is 0 Å². The van der Waals surface area contributed by atoms with E-state index in [1.54, 1.807) is 0 Å². The molecule has 0 aliphatic carbocycles. The van der Waals surface area contributed by atoms with Crippen LogP contribution in [0.5, 0.6) is 11.5 Å². The van der Waals surface area contributed by atoms with E-state index < -0.39 is 36.1 Å². The first-order chi connectivity index (χ1) is 17.4. The molecule has 0 amide bonds. The number of aliphatic carboxylic acids is 1. The molecule has 3 rings (SSSR count). The number of nitrogens with zero attached hydrogens (tertiary/aromatic N) is 1. The van der Waals surface area contributed by atoms with Gasteiger partial charge in [0.15, 0.2) is 0 Å². The minimum Gasteiger partial charge on any atom is -0.489 e. The SMILES string of the molecule is O=C(O)CON=Cc1ccc(OCc2cccc(C(F)(F)F)c2)cc1OCc1cccc(C(F)(F)F)c1. The minimum atomic E-state index is -4.54. The fourth-order valence-corrected chi connectivity index (χ4v) is 3.03. The average molecular weight is 527 g/mol. The third kappa shape index (κ3) is 8.44. The van der Waals surface area contributed by atoms with Crippen LogP contribution in [0.3, 0.4) is 0 Å². The van der Waals surface area contributed by atoms with E-state index in [2.05, 4.69) is 9.99 Å². The molecule has 0 spiro atoms. The summed E-state index contributed by atoms with van der Waals surface area (Å²) in [5.74, 6) is -0.960. The topological polar surface area (TPSA) is 77.4 Å². The molecule has 6 nitrogen and oxygen atoms in total. The van der Waals surface area contributed by atoms with Gasteiger partial charge in [0.05, 0.1) is 17.3 Å². The molecule has 12 heteroatoms. The van der Waals surface area contributed by atoms with Crippen LogP contribution >= 0.6 is 0 Å². The molecule has 0 radical (unpaired) electrons. The van der Waals surface area contributed by atoms with Crippen LogP contribution in [0.4, 0.5) is 26.3 Å². The number of carboxylic acids is 1. The fraction of sp³-hybridized carbons (Fsp3) is 0.200. The summed E-state index contributed by atoms with van der Waals surface area (Å²) < 4.78 is 89.1. The maximum absolute atomic E-state index is 13.0. The number of hydrogen-bond donors (Lipinski definition) is 1. The summed E-state index contributed by atoms with van der Waals surface area (Å²) in [5.41, 5.74) is -0.921. The lowest BCUT2D eigenvalue weighted by Crippen LogP contribution is -2.07. The van der Waals surface area contributed by atoms with Gasteiger partial charge in [-0.2, -0.15) is 26.3 Å². The van der Waals surface area contributed by atoms with Crippen molar-refractivity contribution in [1.29, 1.82) is 0 Å². The monoisotopic (exact) mass is 527 g/mol. The molecule has 0 unspecified atom stereocenters. The van der Waals surface area contributed by atoms with Crippen LogP contribution in [0.1, 0.15) is 27.8 Å². The molecule has 0 fully saturated rings. The van der Waals surface area contributed by atoms with E-state index in [1.165, 1.54) is 42.5 Å². The Kier molecular flexibility index (Phi) is 8.64. The largest absolute Gasteiger partial charge is 0.489 e. The van der Waals surface area contributed by atoms with Gasteiger partial charge in [-0.25, -0.2) is 4.79 Å². The zero-order chi connectivity index (χ0) is 27.1. The zero-order valence-corrected chi connectivity index (χ0v) is 18.8. The lowest BCUT2D eigenvalue weighted by atomic mass is 10.1. The Balaban J connectivity index is 1.79. The second-order valence-electron chi connectivity index (χ2n) is 7.57. The van der Waals surface area contributed by atoms with Crippen molar-refractivity contribution in [1.82, 2.24) is 0 Å². The number of ether oxygens (including phenoxy) is 2. The van der Waals surface area contributed by atoms with Crippen LogP contribution in [0, 0.1) is 0 Å². The van der Waals surface area contributed by atoms with Gasteiger partial charge in [-0.15, -0.1) is 0 Å². The highest BCUT2D eigenvalue weighted by Crippen LogP contribution is 2.32. The van der Waals surface area contributed by atoms with E-state index >= 15 is 0 Å². The highest BCUT2D eigenvalue weighted by molar-refractivity contribution is 5.83. The molecule has 1 N–H and O–H groups in total. The van der Waals surface area contributed by atoms with E-state index in [9.17, 15) is 31.1 Å². The zero-order valence-electron chi connectivity index (χ0n) is 18.8. The number of carbonyl (C=O) groups is 1. The molecule has 0 bridgehead atoms. The minimum absolute atomic E-state index is 0.0987. The van der Waals surface area contributed by atoms with E-state index in [-0.39, 0.29) is 41.4 Å². The van der Waals surface area contributed by atoms with Crippen molar-refractivity contribution in [3.05, 3.63) is 94.5 Å². The summed E-state index contributed by atoms with van der Waals surface area (Å²) in [4.78, 5) is 15.2. The van der Waals surface area contributed by atoms with Gasteiger partial charge < -0.3 is 19.4 Å². The van der Waals surface area contributed by atoms with Crippen molar-refractivity contribution in [3.8, 4) is 11.5 Å². The third-order valence-corrected chi connectivity index (χ3v) is 4.75. The predicted molar refractivity (Wildman–Crippen MR) is 119 cm³/mol. The van der Waals surface area contributed by atoms with Gasteiger partial charge in [-0.3, -0.25) is 0 Å². The van der Waals surface area contributed by atoms with E-state index in [0.717, 1.165) is 30.5 Å². The van der Waals surface area contributed by atoms with Crippen LogP contribution in [0.15, 0.2) is 71.9 Å². The Morgan fingerprint density at radius 3 is 1.92 bits per heavy atom. The maximum Gasteiger partial charge on any atom is 0.416 e. The lowest BCUT2D eigenvalue weighted by molar-refractivity contribution is -0.142. The second-order valence-corrected chi connectivity index (χ2v) is 7.57. The fourth-order valence-electron chi connectivity index (χ4n) is 3.03. The van der Waals surface area contributed by atoms with Crippen LogP contribution in [0.25, 0.3) is 0 Å². The summed E-state index contributed by atoms with van der Waals surface area (Å²) in [7, 11) is 0. The summed E-state index contributed by atoms with van der Waals surface area (Å²) in [6, 6.07) is 13.4. The highest BCUT2D eigenvalue weighted by Gasteiger charge is 2.31. The van der Waals surface area contributed by atoms with Gasteiger partial charge in [0.1, 0.15) is 24.7 Å². The summed E-state index contributed by atoms with van der Waals surface area (Å²) in [5, 5.41) is 12.1. The van der Waals surface area contributed by atoms with Crippen LogP contribution in [0.2, 0.25) is 0 Å². The van der Waals surface area contributed by atoms with Crippen LogP contribution in [-0.4, -0.2) is 23.9 Å². The third-order valence-electron chi connectivity index (χ3n) is 4.75. The van der Waals surface area contributed by atoms with Crippen molar-refractivity contribution < 1.29 is 50.6 Å². The molecule has 0 saturated heterocycles. The smallest absolute Gasteiger partial charge is 0.416 e. The van der Waals surface area contributed by atoms with Crippen molar-refractivity contribution in [2.24, 2.45) is 5.16 Å². The predicted octanol–water partition coefficient (Wildman–Crippen LogP) is 6.32. The second kappa shape index (κ2) is 11.7. The van der Waals surface area contributed by atoms with E-state index in [4.69, 9.17) is 14.6 Å².